The van der Waals surface area contributed by atoms with Crippen molar-refractivity contribution in [1.82, 2.24) is 0 Å². The van der Waals surface area contributed by atoms with Gasteiger partial charge >= 0.3 is 0 Å². The maximum atomic E-state index is 5.92. The quantitative estimate of drug-likeness (QED) is 0.541. The van der Waals surface area contributed by atoms with Crippen LogP contribution in [0.3, 0.4) is 0 Å². The van der Waals surface area contributed by atoms with E-state index in [1.165, 1.54) is 37.7 Å². The van der Waals surface area contributed by atoms with Crippen molar-refractivity contribution in [2.75, 3.05) is 26.4 Å². The van der Waals surface area contributed by atoms with E-state index in [9.17, 15) is 0 Å². The summed E-state index contributed by atoms with van der Waals surface area (Å²) < 4.78 is 17.2. The molecule has 0 aromatic carbocycles. The number of hydrogen-bond acceptors (Lipinski definition) is 3. The summed E-state index contributed by atoms with van der Waals surface area (Å²) in [4.78, 5) is 0. The molecular weight excluding hydrogens is 240 g/mol. The summed E-state index contributed by atoms with van der Waals surface area (Å²) in [5, 5.41) is 0. The van der Waals surface area contributed by atoms with E-state index < -0.39 is 0 Å². The molecule has 110 valence electrons. The minimum atomic E-state index is -0.0560. The van der Waals surface area contributed by atoms with E-state index in [0.29, 0.717) is 0 Å². The first-order valence-corrected chi connectivity index (χ1v) is 7.86. The first-order chi connectivity index (χ1) is 9.35. The highest BCUT2D eigenvalue weighted by molar-refractivity contribution is 5.00. The Hall–Kier alpha value is -0.540. The highest BCUT2D eigenvalue weighted by atomic mass is 16.6. The Morgan fingerprint density at radius 1 is 1.21 bits per heavy atom. The summed E-state index contributed by atoms with van der Waals surface area (Å²) in [6.45, 7) is 5.20. The molecule has 19 heavy (non-hydrogen) atoms. The van der Waals surface area contributed by atoms with Gasteiger partial charge in [0.25, 0.3) is 0 Å². The van der Waals surface area contributed by atoms with Crippen molar-refractivity contribution >= 4 is 0 Å². The van der Waals surface area contributed by atoms with Crippen LogP contribution in [0.25, 0.3) is 0 Å². The molecule has 0 aromatic heterocycles. The van der Waals surface area contributed by atoms with E-state index in [0.717, 1.165) is 45.7 Å². The van der Waals surface area contributed by atoms with Gasteiger partial charge in [0, 0.05) is 0 Å². The van der Waals surface area contributed by atoms with Crippen molar-refractivity contribution in [1.29, 1.82) is 0 Å². The Bertz CT molecular complexity index is 272. The van der Waals surface area contributed by atoms with Gasteiger partial charge < -0.3 is 14.2 Å². The lowest BCUT2D eigenvalue weighted by Crippen LogP contribution is -2.42. The molecule has 1 heterocycles. The van der Waals surface area contributed by atoms with E-state index >= 15 is 0 Å². The fraction of sp³-hybridized carbons (Fsp3) is 0.875. The van der Waals surface area contributed by atoms with Crippen molar-refractivity contribution in [3.8, 4) is 0 Å². The summed E-state index contributed by atoms with van der Waals surface area (Å²) in [7, 11) is 0. The predicted octanol–water partition coefficient (Wildman–Crippen LogP) is 3.83. The highest BCUT2D eigenvalue weighted by Gasteiger charge is 2.31. The van der Waals surface area contributed by atoms with Crippen LogP contribution < -0.4 is 0 Å². The second kappa shape index (κ2) is 7.91. The molecule has 0 radical (unpaired) electrons. The zero-order chi connectivity index (χ0) is 13.4. The molecular formula is C16H28O3. The normalized spacial score (nSPS) is 28.2. The summed E-state index contributed by atoms with van der Waals surface area (Å²) in [5.74, 6) is 0. The summed E-state index contributed by atoms with van der Waals surface area (Å²) >= 11 is 0. The van der Waals surface area contributed by atoms with Gasteiger partial charge in [-0.15, -0.1) is 0 Å². The third kappa shape index (κ3) is 4.81. The molecule has 1 unspecified atom stereocenters. The van der Waals surface area contributed by atoms with Gasteiger partial charge in [-0.2, -0.15) is 0 Å². The first kappa shape index (κ1) is 14.9. The Balaban J connectivity index is 1.62. The fourth-order valence-corrected chi connectivity index (χ4v) is 2.92. The van der Waals surface area contributed by atoms with Crippen LogP contribution in [-0.4, -0.2) is 32.0 Å². The lowest BCUT2D eigenvalue weighted by Gasteiger charge is -2.36. The van der Waals surface area contributed by atoms with Crippen molar-refractivity contribution < 1.29 is 14.2 Å². The Kier molecular flexibility index (Phi) is 6.18. The first-order valence-electron chi connectivity index (χ1n) is 7.86. The molecule has 1 aliphatic heterocycles. The van der Waals surface area contributed by atoms with Crippen LogP contribution in [0, 0.1) is 0 Å². The van der Waals surface area contributed by atoms with Crippen LogP contribution in [0.4, 0.5) is 0 Å². The zero-order valence-electron chi connectivity index (χ0n) is 12.3. The Morgan fingerprint density at radius 2 is 2.05 bits per heavy atom. The van der Waals surface area contributed by atoms with Gasteiger partial charge in [0.2, 0.25) is 0 Å². The molecule has 0 N–H and O–H groups in total. The third-order valence-corrected chi connectivity index (χ3v) is 4.29. The van der Waals surface area contributed by atoms with Crippen LogP contribution in [0.15, 0.2) is 11.8 Å². The van der Waals surface area contributed by atoms with Crippen molar-refractivity contribution in [3.05, 3.63) is 11.8 Å². The standard InChI is InChI=1S/C16H28O3/c1-2-16(14-18-11-12-19-16)9-6-10-17-13-15-7-4-3-5-8-15/h13H,2-12,14H2,1H3. The van der Waals surface area contributed by atoms with E-state index in [2.05, 4.69) is 6.92 Å². The molecule has 2 aliphatic rings. The monoisotopic (exact) mass is 268 g/mol. The van der Waals surface area contributed by atoms with E-state index in [1.54, 1.807) is 0 Å². The summed E-state index contributed by atoms with van der Waals surface area (Å²) in [5.41, 5.74) is 1.44. The second-order valence-corrected chi connectivity index (χ2v) is 5.75. The van der Waals surface area contributed by atoms with Crippen molar-refractivity contribution in [3.63, 3.8) is 0 Å². The molecule has 0 spiro atoms. The van der Waals surface area contributed by atoms with Gasteiger partial charge in [0.15, 0.2) is 0 Å². The number of hydrogen-bond donors (Lipinski definition) is 0. The van der Waals surface area contributed by atoms with Gasteiger partial charge in [-0.1, -0.05) is 13.3 Å². The molecule has 0 bridgehead atoms. The summed E-state index contributed by atoms with van der Waals surface area (Å²) in [6, 6.07) is 0. The van der Waals surface area contributed by atoms with E-state index in [4.69, 9.17) is 14.2 Å². The molecule has 3 heteroatoms. The Labute approximate surface area is 117 Å². The molecule has 1 saturated heterocycles. The van der Waals surface area contributed by atoms with Gasteiger partial charge in [-0.25, -0.2) is 0 Å². The highest BCUT2D eigenvalue weighted by Crippen LogP contribution is 2.26. The minimum Gasteiger partial charge on any atom is -0.501 e. The van der Waals surface area contributed by atoms with Crippen molar-refractivity contribution in [2.45, 2.75) is 63.9 Å². The molecule has 1 aliphatic carbocycles. The Morgan fingerprint density at radius 3 is 2.74 bits per heavy atom. The average molecular weight is 268 g/mol. The molecule has 0 aromatic rings. The predicted molar refractivity (Wildman–Crippen MR) is 76.1 cm³/mol. The number of rotatable bonds is 6. The van der Waals surface area contributed by atoms with Crippen LogP contribution in [0.2, 0.25) is 0 Å². The minimum absolute atomic E-state index is 0.0560. The molecule has 2 rings (SSSR count). The molecule has 1 saturated carbocycles. The van der Waals surface area contributed by atoms with Gasteiger partial charge in [-0.05, 0) is 50.5 Å². The lowest BCUT2D eigenvalue weighted by atomic mass is 9.94. The van der Waals surface area contributed by atoms with Gasteiger partial charge in [0.1, 0.15) is 0 Å². The topological polar surface area (TPSA) is 27.7 Å². The van der Waals surface area contributed by atoms with Gasteiger partial charge in [0.05, 0.1) is 38.3 Å². The molecule has 2 fully saturated rings. The molecule has 0 amide bonds. The second-order valence-electron chi connectivity index (χ2n) is 5.75. The van der Waals surface area contributed by atoms with E-state index in [1.807, 2.05) is 6.26 Å². The third-order valence-electron chi connectivity index (χ3n) is 4.29. The number of ether oxygens (including phenoxy) is 3. The fourth-order valence-electron chi connectivity index (χ4n) is 2.92. The largest absolute Gasteiger partial charge is 0.501 e. The maximum Gasteiger partial charge on any atom is 0.0914 e. The van der Waals surface area contributed by atoms with Crippen LogP contribution >= 0.6 is 0 Å². The molecule has 3 nitrogen and oxygen atoms in total. The van der Waals surface area contributed by atoms with Crippen LogP contribution in [0.1, 0.15) is 58.3 Å². The van der Waals surface area contributed by atoms with Gasteiger partial charge in [-0.3, -0.25) is 0 Å². The van der Waals surface area contributed by atoms with E-state index in [-0.39, 0.29) is 5.60 Å². The van der Waals surface area contributed by atoms with Crippen LogP contribution in [0.5, 0.6) is 0 Å². The van der Waals surface area contributed by atoms with Crippen LogP contribution in [-0.2, 0) is 14.2 Å². The number of allylic oxidation sites excluding steroid dienone is 1. The zero-order valence-corrected chi connectivity index (χ0v) is 12.3. The maximum absolute atomic E-state index is 5.92. The smallest absolute Gasteiger partial charge is 0.0914 e. The van der Waals surface area contributed by atoms with Crippen molar-refractivity contribution in [2.24, 2.45) is 0 Å². The average Bonchev–Trinajstić information content (AvgIpc) is 2.49. The summed E-state index contributed by atoms with van der Waals surface area (Å²) in [6.07, 6.45) is 11.6. The SMILES string of the molecule is CCC1(CCCOC=C2CCCCC2)COCCO1. The lowest BCUT2D eigenvalue weighted by molar-refractivity contribution is -0.163. The molecule has 1 atom stereocenters.